The van der Waals surface area contributed by atoms with Crippen molar-refractivity contribution in [2.24, 2.45) is 12.8 Å². The molecular weight excluding hydrogens is 874 g/mol. The number of rotatable bonds is 7. The van der Waals surface area contributed by atoms with Crippen LogP contribution >= 0.6 is 66.8 Å². The van der Waals surface area contributed by atoms with E-state index in [0.717, 1.165) is 19.2 Å². The molecule has 0 saturated carbocycles. The molecule has 0 aliphatic rings. The van der Waals surface area contributed by atoms with Gasteiger partial charge in [-0.05, 0) is 92.3 Å². The van der Waals surface area contributed by atoms with E-state index in [2.05, 4.69) is 52.9 Å². The third kappa shape index (κ3) is 13.1. The first-order valence-corrected chi connectivity index (χ1v) is 17.8. The number of aryl methyl sites for hydroxylation is 1. The Balaban J connectivity index is 0.000000415. The molecular formula is C27H27Br3ClF4N4O7P. The molecule has 0 bridgehead atoms. The Morgan fingerprint density at radius 1 is 1.19 bits per heavy atom. The van der Waals surface area contributed by atoms with E-state index in [0.29, 0.717) is 19.2 Å². The first-order chi connectivity index (χ1) is 21.4. The maximum Gasteiger partial charge on any atom is 0.434 e. The van der Waals surface area contributed by atoms with Crippen molar-refractivity contribution in [3.8, 4) is 23.1 Å². The summed E-state index contributed by atoms with van der Waals surface area (Å²) in [5, 5.41) is 29.5. The van der Waals surface area contributed by atoms with Crippen LogP contribution in [0.25, 0.3) is 11.3 Å². The predicted octanol–water partition coefficient (Wildman–Crippen LogP) is 7.70. The Labute approximate surface area is 296 Å². The summed E-state index contributed by atoms with van der Waals surface area (Å²) in [7, 11) is -2.02. The highest BCUT2D eigenvalue weighted by Gasteiger charge is 2.39. The molecule has 2 atom stereocenters. The normalized spacial score (nSPS) is 12.9. The quantitative estimate of drug-likeness (QED) is 0.104. The smallest absolute Gasteiger partial charge is 0.434 e. The lowest BCUT2D eigenvalue weighted by Crippen LogP contribution is -2.30. The minimum absolute atomic E-state index is 0.0412. The second-order valence-corrected chi connectivity index (χ2v) is 15.3. The zero-order valence-corrected chi connectivity index (χ0v) is 31.2. The molecule has 258 valence electrons. The van der Waals surface area contributed by atoms with Crippen molar-refractivity contribution in [2.45, 2.75) is 38.6 Å². The van der Waals surface area contributed by atoms with Gasteiger partial charge in [-0.25, -0.2) is 9.18 Å². The van der Waals surface area contributed by atoms with Gasteiger partial charge in [-0.2, -0.15) is 23.5 Å². The maximum atomic E-state index is 14.3. The van der Waals surface area contributed by atoms with E-state index in [4.69, 9.17) is 37.3 Å². The Morgan fingerprint density at radius 3 is 2.13 bits per heavy atom. The highest BCUT2D eigenvalue weighted by Crippen LogP contribution is 2.41. The summed E-state index contributed by atoms with van der Waals surface area (Å²) >= 11 is 14.9. The van der Waals surface area contributed by atoms with Crippen molar-refractivity contribution in [1.82, 2.24) is 9.78 Å². The van der Waals surface area contributed by atoms with Crippen molar-refractivity contribution in [3.05, 3.63) is 65.3 Å². The van der Waals surface area contributed by atoms with Gasteiger partial charge in [0.25, 0.3) is 0 Å². The van der Waals surface area contributed by atoms with Crippen molar-refractivity contribution >= 4 is 78.7 Å². The van der Waals surface area contributed by atoms with Gasteiger partial charge in [-0.15, -0.1) is 0 Å². The van der Waals surface area contributed by atoms with Crippen LogP contribution < -0.4 is 5.73 Å². The van der Waals surface area contributed by atoms with Gasteiger partial charge in [0.2, 0.25) is 0 Å². The Kier molecular flexibility index (Phi) is 16.1. The van der Waals surface area contributed by atoms with Gasteiger partial charge in [0, 0.05) is 25.4 Å². The fraction of sp³-hybridized carbons (Fsp3) is 0.333. The fourth-order valence-corrected chi connectivity index (χ4v) is 6.22. The molecule has 5 N–H and O–H groups in total. The third-order valence-corrected chi connectivity index (χ3v) is 8.81. The number of halogens is 8. The standard InChI is InChI=1S/C15H12BrClF4N2O2.C7H3Br2NO.C5H12NO4P/c1-6(2)25-14(24)7-4-8(10(18)5-9(7)17)12-11(16)13(15(19,20)21)23(3)22-12;8-5-1-4(3-10)2-6(9)7(5)11;1-11(9,10)3-2-4(6)5(7)8/h4-6H,1-3H3;1-2,11H;4H,2-3,6H2,1H3,(H,7,8)(H,9,10). The number of aromatic hydroxyl groups is 1. The number of carbonyl (C=O) groups is 2. The van der Waals surface area contributed by atoms with Gasteiger partial charge in [-0.1, -0.05) is 11.6 Å². The van der Waals surface area contributed by atoms with Crippen LogP contribution in [0.2, 0.25) is 5.02 Å². The first-order valence-electron chi connectivity index (χ1n) is 12.8. The molecule has 11 nitrogen and oxygen atoms in total. The fourth-order valence-electron chi connectivity index (χ4n) is 3.27. The number of nitriles is 1. The van der Waals surface area contributed by atoms with Crippen LogP contribution in [-0.2, 0) is 27.3 Å². The van der Waals surface area contributed by atoms with Crippen molar-refractivity contribution < 1.29 is 51.6 Å². The highest BCUT2D eigenvalue weighted by molar-refractivity contribution is 9.11. The number of carbonyl (C=O) groups excluding carboxylic acids is 1. The average Bonchev–Trinajstić information content (AvgIpc) is 3.23. The minimum Gasteiger partial charge on any atom is -0.506 e. The molecule has 0 saturated heterocycles. The van der Waals surface area contributed by atoms with E-state index < -0.39 is 53.6 Å². The number of phenols is 1. The lowest BCUT2D eigenvalue weighted by molar-refractivity contribution is -0.144. The van der Waals surface area contributed by atoms with E-state index >= 15 is 0 Å². The molecule has 20 heteroatoms. The van der Waals surface area contributed by atoms with Gasteiger partial charge >= 0.3 is 18.1 Å². The van der Waals surface area contributed by atoms with Crippen LogP contribution in [-0.4, -0.2) is 61.8 Å². The topological polar surface area (TPSA) is 189 Å². The number of benzene rings is 2. The van der Waals surface area contributed by atoms with E-state index in [1.54, 1.807) is 26.0 Å². The summed E-state index contributed by atoms with van der Waals surface area (Å²) in [6, 6.07) is 5.90. The molecule has 0 spiro atoms. The Bertz CT molecular complexity index is 1690. The van der Waals surface area contributed by atoms with Crippen molar-refractivity contribution in [3.63, 3.8) is 0 Å². The van der Waals surface area contributed by atoms with Crippen LogP contribution in [0.1, 0.15) is 41.9 Å². The maximum absolute atomic E-state index is 14.3. The second-order valence-electron chi connectivity index (χ2n) is 9.81. The number of esters is 1. The van der Waals surface area contributed by atoms with Crippen LogP contribution in [0.4, 0.5) is 17.6 Å². The largest absolute Gasteiger partial charge is 0.506 e. The highest BCUT2D eigenvalue weighted by atomic mass is 79.9. The molecule has 2 unspecified atom stereocenters. The molecule has 2 aromatic carbocycles. The van der Waals surface area contributed by atoms with Gasteiger partial charge in [0.1, 0.15) is 23.3 Å². The number of phenolic OH excluding ortho intramolecular Hbond substituents is 1. The van der Waals surface area contributed by atoms with Gasteiger partial charge in [0.15, 0.2) is 13.1 Å². The molecule has 1 heterocycles. The molecule has 0 amide bonds. The Morgan fingerprint density at radius 2 is 1.72 bits per heavy atom. The van der Waals surface area contributed by atoms with E-state index in [9.17, 15) is 36.8 Å². The second kappa shape index (κ2) is 17.8. The number of ether oxygens (including phenoxy) is 1. The number of aromatic nitrogens is 2. The third-order valence-electron chi connectivity index (χ3n) is 5.45. The summed E-state index contributed by atoms with van der Waals surface area (Å²) in [6.45, 7) is 4.41. The van der Waals surface area contributed by atoms with E-state index in [-0.39, 0.29) is 40.2 Å². The van der Waals surface area contributed by atoms with Crippen LogP contribution in [0, 0.1) is 17.1 Å². The number of aliphatic carboxylic acids is 1. The molecule has 0 radical (unpaired) electrons. The summed E-state index contributed by atoms with van der Waals surface area (Å²) < 4.78 is 70.3. The van der Waals surface area contributed by atoms with Gasteiger partial charge < -0.3 is 25.6 Å². The zero-order chi connectivity index (χ0) is 36.6. The van der Waals surface area contributed by atoms with Crippen LogP contribution in [0.5, 0.6) is 5.75 Å². The number of hydrogen-bond acceptors (Lipinski definition) is 8. The summed E-state index contributed by atoms with van der Waals surface area (Å²) in [6.07, 6.45) is -5.14. The lowest BCUT2D eigenvalue weighted by atomic mass is 10.1. The monoisotopic (exact) mass is 898 g/mol. The minimum atomic E-state index is -4.69. The van der Waals surface area contributed by atoms with Crippen molar-refractivity contribution in [1.29, 1.82) is 5.26 Å². The molecule has 1 aromatic heterocycles. The van der Waals surface area contributed by atoms with Crippen LogP contribution in [0.3, 0.4) is 0 Å². The van der Waals surface area contributed by atoms with Gasteiger partial charge in [0.05, 0.1) is 41.7 Å². The molecule has 47 heavy (non-hydrogen) atoms. The van der Waals surface area contributed by atoms with Crippen molar-refractivity contribution in [2.75, 3.05) is 12.8 Å². The zero-order valence-electron chi connectivity index (χ0n) is 24.7. The van der Waals surface area contributed by atoms with E-state index in [1.807, 2.05) is 6.07 Å². The number of nitrogens with two attached hydrogens (primary N) is 1. The average molecular weight is 902 g/mol. The molecule has 0 fully saturated rings. The predicted molar refractivity (Wildman–Crippen MR) is 176 cm³/mol. The summed E-state index contributed by atoms with van der Waals surface area (Å²) in [5.41, 5.74) is 3.73. The molecule has 3 aromatic rings. The summed E-state index contributed by atoms with van der Waals surface area (Å²) in [4.78, 5) is 30.9. The van der Waals surface area contributed by atoms with E-state index in [1.165, 1.54) is 6.66 Å². The molecule has 3 rings (SSSR count). The first kappa shape index (κ1) is 42.5. The molecule has 0 aliphatic heterocycles. The molecule has 0 aliphatic carbocycles. The number of hydrogen-bond donors (Lipinski definition) is 4. The number of nitrogens with zero attached hydrogens (tertiary/aromatic N) is 3. The van der Waals surface area contributed by atoms with Gasteiger partial charge in [-0.3, -0.25) is 14.0 Å². The SMILES string of the molecule is CC(C)OC(=O)c1cc(-c2nn(C)c(C(F)(F)F)c2Br)c(F)cc1Cl.CP(=O)(O)CCC(N)C(=O)O.N#Cc1cc(Br)c(O)c(Br)c1. The lowest BCUT2D eigenvalue weighted by Gasteiger charge is -2.11. The van der Waals surface area contributed by atoms with Crippen LogP contribution in [0.15, 0.2) is 37.7 Å². The number of carboxylic acids is 1. The Hall–Kier alpha value is -2.52. The number of carboxylic acid groups (broad SMARTS) is 1. The summed E-state index contributed by atoms with van der Waals surface area (Å²) in [5.74, 6) is -2.76. The number of alkyl halides is 3.